The van der Waals surface area contributed by atoms with Crippen molar-refractivity contribution in [1.29, 1.82) is 5.26 Å². The lowest BCUT2D eigenvalue weighted by molar-refractivity contribution is 0.354. The van der Waals surface area contributed by atoms with Crippen LogP contribution in [0.3, 0.4) is 0 Å². The summed E-state index contributed by atoms with van der Waals surface area (Å²) in [7, 11) is 3.30. The number of aryl methyl sites for hydroxylation is 1. The second kappa shape index (κ2) is 10.9. The lowest BCUT2D eigenvalue weighted by Crippen LogP contribution is -2.33. The van der Waals surface area contributed by atoms with E-state index in [1.165, 1.54) is 16.7 Å². The van der Waals surface area contributed by atoms with E-state index in [4.69, 9.17) is 9.47 Å². The predicted octanol–water partition coefficient (Wildman–Crippen LogP) is 5.04. The first kappa shape index (κ1) is 22.8. The Morgan fingerprint density at radius 3 is 2.38 bits per heavy atom. The molecule has 2 aromatic rings. The molecular weight excluding hydrogens is 360 g/mol. The van der Waals surface area contributed by atoms with Crippen molar-refractivity contribution >= 4 is 0 Å². The minimum Gasteiger partial charge on any atom is -0.493 e. The number of nitriles is 1. The minimum absolute atomic E-state index is 0.264. The molecule has 0 aromatic heterocycles. The summed E-state index contributed by atoms with van der Waals surface area (Å²) in [6.07, 6.45) is 2.74. The quantitative estimate of drug-likeness (QED) is 0.542. The largest absolute Gasteiger partial charge is 0.493 e. The van der Waals surface area contributed by atoms with Gasteiger partial charge in [-0.05, 0) is 74.0 Å². The Balaban J connectivity index is 1.88. The first-order valence-corrected chi connectivity index (χ1v) is 10.4. The Kier molecular flexibility index (Phi) is 8.54. The summed E-state index contributed by atoms with van der Waals surface area (Å²) in [5.41, 5.74) is 3.15. The fourth-order valence-corrected chi connectivity index (χ4v) is 3.94. The van der Waals surface area contributed by atoms with E-state index in [-0.39, 0.29) is 5.92 Å². The van der Waals surface area contributed by atoms with Crippen molar-refractivity contribution in [2.24, 2.45) is 5.92 Å². The van der Waals surface area contributed by atoms with E-state index in [0.717, 1.165) is 43.9 Å². The van der Waals surface area contributed by atoms with Crippen molar-refractivity contribution < 1.29 is 9.47 Å². The number of benzene rings is 2. The number of hydrogen-bond donors (Lipinski definition) is 1. The molecule has 0 amide bonds. The molecular formula is C25H34N2O2. The molecule has 156 valence electrons. The highest BCUT2D eigenvalue weighted by Gasteiger charge is 2.36. The highest BCUT2D eigenvalue weighted by atomic mass is 16.5. The molecule has 0 unspecified atom stereocenters. The molecule has 1 N–H and O–H groups in total. The van der Waals surface area contributed by atoms with Crippen LogP contribution >= 0.6 is 0 Å². The molecule has 0 bridgehead atoms. The molecule has 4 heteroatoms. The van der Waals surface area contributed by atoms with E-state index in [2.05, 4.69) is 50.4 Å². The van der Waals surface area contributed by atoms with Crippen molar-refractivity contribution in [2.75, 3.05) is 27.3 Å². The molecule has 0 aliphatic rings. The second-order valence-electron chi connectivity index (χ2n) is 7.85. The van der Waals surface area contributed by atoms with E-state index < -0.39 is 5.41 Å². The van der Waals surface area contributed by atoms with Crippen LogP contribution in [0.4, 0.5) is 0 Å². The van der Waals surface area contributed by atoms with Crippen LogP contribution in [-0.4, -0.2) is 27.3 Å². The van der Waals surface area contributed by atoms with Crippen LogP contribution in [0.1, 0.15) is 43.4 Å². The molecule has 0 aliphatic heterocycles. The highest BCUT2D eigenvalue weighted by Crippen LogP contribution is 2.38. The zero-order valence-corrected chi connectivity index (χ0v) is 18.4. The molecule has 0 radical (unpaired) electrons. The second-order valence-corrected chi connectivity index (χ2v) is 7.85. The maximum absolute atomic E-state index is 10.1. The van der Waals surface area contributed by atoms with Crippen LogP contribution < -0.4 is 14.8 Å². The van der Waals surface area contributed by atoms with E-state index in [9.17, 15) is 5.26 Å². The summed E-state index contributed by atoms with van der Waals surface area (Å²) < 4.78 is 10.7. The molecule has 0 saturated heterocycles. The lowest BCUT2D eigenvalue weighted by atomic mass is 9.68. The minimum atomic E-state index is -0.434. The van der Waals surface area contributed by atoms with Gasteiger partial charge in [0.1, 0.15) is 0 Å². The van der Waals surface area contributed by atoms with E-state index >= 15 is 0 Å². The molecule has 1 atom stereocenters. The lowest BCUT2D eigenvalue weighted by Gasteiger charge is -2.33. The van der Waals surface area contributed by atoms with Gasteiger partial charge >= 0.3 is 0 Å². The molecule has 0 saturated carbocycles. The third-order valence-corrected chi connectivity index (χ3v) is 5.77. The molecule has 0 fully saturated rings. The Morgan fingerprint density at radius 1 is 1.03 bits per heavy atom. The smallest absolute Gasteiger partial charge is 0.160 e. The Morgan fingerprint density at radius 2 is 1.76 bits per heavy atom. The molecule has 0 aliphatic carbocycles. The summed E-state index contributed by atoms with van der Waals surface area (Å²) >= 11 is 0. The van der Waals surface area contributed by atoms with Crippen LogP contribution in [0.2, 0.25) is 0 Å². The zero-order chi connectivity index (χ0) is 21.3. The van der Waals surface area contributed by atoms with Gasteiger partial charge in [0.2, 0.25) is 0 Å². The summed E-state index contributed by atoms with van der Waals surface area (Å²) in [4.78, 5) is 0. The van der Waals surface area contributed by atoms with Crippen molar-refractivity contribution in [3.8, 4) is 17.6 Å². The number of nitrogens with zero attached hydrogens (tertiary/aromatic N) is 1. The Bertz CT molecular complexity index is 826. The van der Waals surface area contributed by atoms with Gasteiger partial charge < -0.3 is 14.8 Å². The number of rotatable bonds is 11. The van der Waals surface area contributed by atoms with Crippen molar-refractivity contribution in [3.63, 3.8) is 0 Å². The fraction of sp³-hybridized carbons (Fsp3) is 0.480. The third kappa shape index (κ3) is 5.52. The van der Waals surface area contributed by atoms with Gasteiger partial charge in [0, 0.05) is 0 Å². The zero-order valence-electron chi connectivity index (χ0n) is 18.4. The van der Waals surface area contributed by atoms with Crippen LogP contribution in [0, 0.1) is 24.2 Å². The van der Waals surface area contributed by atoms with Crippen molar-refractivity contribution in [1.82, 2.24) is 5.32 Å². The van der Waals surface area contributed by atoms with Gasteiger partial charge in [0.15, 0.2) is 11.5 Å². The highest BCUT2D eigenvalue weighted by molar-refractivity contribution is 5.43. The Hall–Kier alpha value is -2.51. The van der Waals surface area contributed by atoms with Crippen molar-refractivity contribution in [2.45, 2.75) is 45.4 Å². The molecule has 2 aromatic carbocycles. The van der Waals surface area contributed by atoms with Crippen LogP contribution in [0.5, 0.6) is 11.5 Å². The number of ether oxygens (including phenoxy) is 2. The Labute approximate surface area is 175 Å². The predicted molar refractivity (Wildman–Crippen MR) is 119 cm³/mol. The van der Waals surface area contributed by atoms with Gasteiger partial charge in [-0.15, -0.1) is 0 Å². The third-order valence-electron chi connectivity index (χ3n) is 5.77. The standard InChI is InChI=1S/C25H34N2O2/c1-19(2)25(18-26,22-10-7-6-9-20(22)3)14-8-15-27-16-13-21-11-12-23(28-4)24(17-21)29-5/h6-7,9-12,17,19,27H,8,13-16H2,1-5H3/t25-/m1/s1. The van der Waals surface area contributed by atoms with Crippen LogP contribution in [0.25, 0.3) is 0 Å². The van der Waals surface area contributed by atoms with Gasteiger partial charge in [-0.25, -0.2) is 0 Å². The first-order valence-electron chi connectivity index (χ1n) is 10.4. The van der Waals surface area contributed by atoms with Crippen LogP contribution in [-0.2, 0) is 11.8 Å². The van der Waals surface area contributed by atoms with Gasteiger partial charge in [0.25, 0.3) is 0 Å². The van der Waals surface area contributed by atoms with Crippen molar-refractivity contribution in [3.05, 3.63) is 59.2 Å². The van der Waals surface area contributed by atoms with Crippen LogP contribution in [0.15, 0.2) is 42.5 Å². The normalized spacial score (nSPS) is 13.0. The molecule has 29 heavy (non-hydrogen) atoms. The topological polar surface area (TPSA) is 54.3 Å². The molecule has 0 heterocycles. The maximum Gasteiger partial charge on any atom is 0.160 e. The number of nitrogens with one attached hydrogen (secondary N) is 1. The first-order chi connectivity index (χ1) is 14.0. The van der Waals surface area contributed by atoms with Gasteiger partial charge in [-0.1, -0.05) is 44.2 Å². The monoisotopic (exact) mass is 394 g/mol. The fourth-order valence-electron chi connectivity index (χ4n) is 3.94. The average Bonchev–Trinajstić information content (AvgIpc) is 2.73. The molecule has 2 rings (SSSR count). The summed E-state index contributed by atoms with van der Waals surface area (Å²) in [5, 5.41) is 13.6. The number of methoxy groups -OCH3 is 2. The maximum atomic E-state index is 10.1. The van der Waals surface area contributed by atoms with Gasteiger partial charge in [0.05, 0.1) is 25.7 Å². The summed E-state index contributed by atoms with van der Waals surface area (Å²) in [6.45, 7) is 8.20. The SMILES string of the molecule is COc1ccc(CCNCCC[C@](C#N)(c2ccccc2C)C(C)C)cc1OC. The number of hydrogen-bond acceptors (Lipinski definition) is 4. The van der Waals surface area contributed by atoms with E-state index in [1.54, 1.807) is 14.2 Å². The van der Waals surface area contributed by atoms with Gasteiger partial charge in [-0.2, -0.15) is 5.26 Å². The van der Waals surface area contributed by atoms with E-state index in [1.807, 2.05) is 24.3 Å². The van der Waals surface area contributed by atoms with Gasteiger partial charge in [-0.3, -0.25) is 0 Å². The summed E-state index contributed by atoms with van der Waals surface area (Å²) in [6, 6.07) is 17.0. The summed E-state index contributed by atoms with van der Waals surface area (Å²) in [5.74, 6) is 1.78. The molecule has 4 nitrogen and oxygen atoms in total. The van der Waals surface area contributed by atoms with E-state index in [0.29, 0.717) is 0 Å². The molecule has 0 spiro atoms. The average molecular weight is 395 g/mol.